The molecule has 4 rings (SSSR count). The van der Waals surface area contributed by atoms with Crippen LogP contribution in [0.4, 0.5) is 0 Å². The Balaban J connectivity index is 1.40. The number of esters is 1. The second-order valence-corrected chi connectivity index (χ2v) is 6.86. The maximum absolute atomic E-state index is 12.0. The van der Waals surface area contributed by atoms with Gasteiger partial charge in [-0.2, -0.15) is 0 Å². The first-order valence-electron chi connectivity index (χ1n) is 7.54. The molecule has 2 atom stereocenters. The molecule has 0 radical (unpaired) electrons. The third-order valence-electron chi connectivity index (χ3n) is 3.72. The lowest BCUT2D eigenvalue weighted by Crippen LogP contribution is -2.18. The lowest BCUT2D eigenvalue weighted by atomic mass is 10.2. The number of benzene rings is 1. The third kappa shape index (κ3) is 3.33. The van der Waals surface area contributed by atoms with Crippen molar-refractivity contribution in [3.05, 3.63) is 53.7 Å². The predicted molar refractivity (Wildman–Crippen MR) is 93.4 cm³/mol. The number of carbonyl (C=O) groups is 1. The largest absolute Gasteiger partial charge is 0.458 e. The lowest BCUT2D eigenvalue weighted by Gasteiger charge is -2.14. The monoisotopic (exact) mass is 376 g/mol. The van der Waals surface area contributed by atoms with Crippen molar-refractivity contribution in [2.24, 2.45) is 0 Å². The van der Waals surface area contributed by atoms with Crippen molar-refractivity contribution in [1.29, 1.82) is 0 Å². The zero-order chi connectivity index (χ0) is 17.2. The number of thioether (sulfide) groups is 1. The molecule has 1 aliphatic rings. The van der Waals surface area contributed by atoms with E-state index in [1.807, 2.05) is 10.6 Å². The summed E-state index contributed by atoms with van der Waals surface area (Å²) in [5, 5.41) is 0.308. The topological polar surface area (TPSA) is 79.1 Å². The molecule has 0 saturated carbocycles. The van der Waals surface area contributed by atoms with E-state index in [9.17, 15) is 4.79 Å². The van der Waals surface area contributed by atoms with E-state index in [4.69, 9.17) is 21.1 Å². The number of hydrogen-bond donors (Lipinski definition) is 0. The fourth-order valence-corrected chi connectivity index (χ4v) is 3.68. The van der Waals surface area contributed by atoms with Crippen LogP contribution < -0.4 is 0 Å². The third-order valence-corrected chi connectivity index (χ3v) is 5.09. The predicted octanol–water partition coefficient (Wildman–Crippen LogP) is 2.92. The summed E-state index contributed by atoms with van der Waals surface area (Å²) in [5.74, 6) is 0.335. The van der Waals surface area contributed by atoms with Gasteiger partial charge >= 0.3 is 5.97 Å². The van der Waals surface area contributed by atoms with E-state index in [-0.39, 0.29) is 24.2 Å². The minimum atomic E-state index is -0.360. The quantitative estimate of drug-likeness (QED) is 0.511. The van der Waals surface area contributed by atoms with E-state index >= 15 is 0 Å². The zero-order valence-corrected chi connectivity index (χ0v) is 14.5. The van der Waals surface area contributed by atoms with Crippen molar-refractivity contribution < 1.29 is 14.3 Å². The second kappa shape index (κ2) is 6.99. The Labute approximate surface area is 152 Å². The first-order chi connectivity index (χ1) is 12.2. The van der Waals surface area contributed by atoms with Crippen molar-refractivity contribution in [3.8, 4) is 0 Å². The van der Waals surface area contributed by atoms with Gasteiger partial charge in [0, 0.05) is 5.75 Å². The summed E-state index contributed by atoms with van der Waals surface area (Å²) in [4.78, 5) is 24.4. The molecule has 3 aromatic rings. The molecule has 0 bridgehead atoms. The molecule has 1 fully saturated rings. The average molecular weight is 377 g/mol. The second-order valence-electron chi connectivity index (χ2n) is 5.31. The molecule has 3 heterocycles. The Kier molecular flexibility index (Phi) is 4.56. The van der Waals surface area contributed by atoms with Crippen LogP contribution in [0.15, 0.2) is 43.0 Å². The highest BCUT2D eigenvalue weighted by Crippen LogP contribution is 2.34. The first-order valence-corrected chi connectivity index (χ1v) is 8.97. The van der Waals surface area contributed by atoms with Crippen molar-refractivity contribution in [2.45, 2.75) is 11.7 Å². The molecule has 0 amide bonds. The van der Waals surface area contributed by atoms with Gasteiger partial charge in [-0.25, -0.2) is 19.7 Å². The van der Waals surface area contributed by atoms with Gasteiger partial charge in [0.1, 0.15) is 30.1 Å². The van der Waals surface area contributed by atoms with Crippen LogP contribution in [0.2, 0.25) is 5.15 Å². The van der Waals surface area contributed by atoms with Crippen LogP contribution in [0.25, 0.3) is 11.2 Å². The van der Waals surface area contributed by atoms with E-state index in [2.05, 4.69) is 15.0 Å². The summed E-state index contributed by atoms with van der Waals surface area (Å²) < 4.78 is 13.1. The van der Waals surface area contributed by atoms with Gasteiger partial charge in [-0.05, 0) is 12.1 Å². The van der Waals surface area contributed by atoms with Gasteiger partial charge in [-0.3, -0.25) is 4.57 Å². The fourth-order valence-electron chi connectivity index (χ4n) is 2.51. The zero-order valence-electron chi connectivity index (χ0n) is 12.9. The number of rotatable bonds is 4. The number of imidazole rings is 1. The van der Waals surface area contributed by atoms with Crippen molar-refractivity contribution >= 4 is 40.5 Å². The van der Waals surface area contributed by atoms with Crippen LogP contribution in [-0.4, -0.2) is 43.3 Å². The van der Waals surface area contributed by atoms with E-state index in [0.29, 0.717) is 27.6 Å². The average Bonchev–Trinajstić information content (AvgIpc) is 3.27. The fraction of sp³-hybridized carbons (Fsp3) is 0.250. The highest BCUT2D eigenvalue weighted by Gasteiger charge is 2.30. The van der Waals surface area contributed by atoms with E-state index in [1.54, 1.807) is 42.4 Å². The van der Waals surface area contributed by atoms with Crippen LogP contribution in [0, 0.1) is 0 Å². The van der Waals surface area contributed by atoms with E-state index in [0.717, 1.165) is 0 Å². The number of halogens is 1. The van der Waals surface area contributed by atoms with Crippen LogP contribution in [0.3, 0.4) is 0 Å². The van der Waals surface area contributed by atoms with Gasteiger partial charge in [0.2, 0.25) is 0 Å². The van der Waals surface area contributed by atoms with Crippen molar-refractivity contribution in [2.75, 3.05) is 12.4 Å². The van der Waals surface area contributed by atoms with Gasteiger partial charge in [0.25, 0.3) is 0 Å². The Morgan fingerprint density at radius 3 is 3.00 bits per heavy atom. The van der Waals surface area contributed by atoms with Crippen molar-refractivity contribution in [1.82, 2.24) is 19.5 Å². The Bertz CT molecular complexity index is 905. The first kappa shape index (κ1) is 16.3. The lowest BCUT2D eigenvalue weighted by molar-refractivity contribution is -0.0145. The summed E-state index contributed by atoms with van der Waals surface area (Å²) in [5.41, 5.74) is 1.44. The summed E-state index contributed by atoms with van der Waals surface area (Å²) in [6.07, 6.45) is 2.78. The molecule has 7 nitrogen and oxygen atoms in total. The molecule has 1 saturated heterocycles. The molecule has 128 valence electrons. The minimum Gasteiger partial charge on any atom is -0.458 e. The van der Waals surface area contributed by atoms with Gasteiger partial charge in [-0.15, -0.1) is 11.8 Å². The molecular formula is C16H13ClN4O3S. The molecule has 2 aromatic heterocycles. The smallest absolute Gasteiger partial charge is 0.338 e. The molecule has 0 spiro atoms. The maximum Gasteiger partial charge on any atom is 0.338 e. The summed E-state index contributed by atoms with van der Waals surface area (Å²) in [6, 6.07) is 8.88. The van der Waals surface area contributed by atoms with E-state index in [1.165, 1.54) is 6.33 Å². The van der Waals surface area contributed by atoms with Crippen LogP contribution >= 0.6 is 23.4 Å². The summed E-state index contributed by atoms with van der Waals surface area (Å²) >= 11 is 7.59. The maximum atomic E-state index is 12.0. The van der Waals surface area contributed by atoms with Gasteiger partial charge in [0.05, 0.1) is 11.9 Å². The number of carbonyl (C=O) groups excluding carboxylic acids is 1. The van der Waals surface area contributed by atoms with Crippen LogP contribution in [0.5, 0.6) is 0 Å². The standard InChI is InChI=1S/C16H13ClN4O3S/c17-14-13-15(19-8-18-14)21(9-20-13)11-7-25-12(24-11)6-23-16(22)10-4-2-1-3-5-10/h1-5,8-9,11-12H,6-7H2/t11-,12-/m0/s1. The molecule has 0 unspecified atom stereocenters. The van der Waals surface area contributed by atoms with E-state index < -0.39 is 0 Å². The van der Waals surface area contributed by atoms with Crippen LogP contribution in [-0.2, 0) is 9.47 Å². The number of hydrogen-bond acceptors (Lipinski definition) is 7. The Hall–Kier alpha value is -2.16. The van der Waals surface area contributed by atoms with Gasteiger partial charge < -0.3 is 9.47 Å². The number of ether oxygens (including phenoxy) is 2. The molecular weight excluding hydrogens is 364 g/mol. The molecule has 9 heteroatoms. The number of nitrogens with zero attached hydrogens (tertiary/aromatic N) is 4. The molecule has 0 aliphatic carbocycles. The minimum absolute atomic E-state index is 0.178. The Morgan fingerprint density at radius 1 is 1.32 bits per heavy atom. The normalized spacial score (nSPS) is 20.0. The summed E-state index contributed by atoms with van der Waals surface area (Å²) in [7, 11) is 0. The SMILES string of the molecule is O=C(OC[C@H]1O[C@H](n2cnc3c(Cl)ncnc32)CS1)c1ccccc1. The van der Waals surface area contributed by atoms with Gasteiger partial charge in [0.15, 0.2) is 10.8 Å². The molecule has 1 aliphatic heterocycles. The van der Waals surface area contributed by atoms with Crippen molar-refractivity contribution in [3.63, 3.8) is 0 Å². The molecule has 1 aromatic carbocycles. The molecule has 0 N–H and O–H groups in total. The highest BCUT2D eigenvalue weighted by molar-refractivity contribution is 8.00. The molecule has 25 heavy (non-hydrogen) atoms. The Morgan fingerprint density at radius 2 is 2.16 bits per heavy atom. The summed E-state index contributed by atoms with van der Waals surface area (Å²) in [6.45, 7) is 0.178. The highest BCUT2D eigenvalue weighted by atomic mass is 35.5. The number of fused-ring (bicyclic) bond motifs is 1. The van der Waals surface area contributed by atoms with Gasteiger partial charge in [-0.1, -0.05) is 29.8 Å². The van der Waals surface area contributed by atoms with Crippen LogP contribution in [0.1, 0.15) is 16.6 Å². The number of aromatic nitrogens is 4.